The first kappa shape index (κ1) is 17.7. The molecule has 1 aromatic carbocycles. The van der Waals surface area contributed by atoms with Crippen LogP contribution in [0.15, 0.2) is 23.1 Å². The Kier molecular flexibility index (Phi) is 4.63. The van der Waals surface area contributed by atoms with Gasteiger partial charge in [0.15, 0.2) is 0 Å². The van der Waals surface area contributed by atoms with Crippen molar-refractivity contribution in [2.24, 2.45) is 0 Å². The normalized spacial score (nSPS) is 27.6. The molecule has 0 amide bonds. The van der Waals surface area contributed by atoms with Crippen LogP contribution >= 0.6 is 11.6 Å². The van der Waals surface area contributed by atoms with Gasteiger partial charge in [-0.25, -0.2) is 13.2 Å². The molecule has 2 atom stereocenters. The maximum absolute atomic E-state index is 12.9. The van der Waals surface area contributed by atoms with Crippen molar-refractivity contribution in [3.05, 3.63) is 28.8 Å². The van der Waals surface area contributed by atoms with Crippen LogP contribution in [-0.4, -0.2) is 60.9 Å². The fourth-order valence-corrected chi connectivity index (χ4v) is 5.60. The number of benzene rings is 1. The molecular formula is C16H21ClN2O4S. The number of rotatable bonds is 4. The molecule has 0 aliphatic carbocycles. The van der Waals surface area contributed by atoms with Gasteiger partial charge in [0, 0.05) is 25.2 Å². The minimum Gasteiger partial charge on any atom is -0.478 e. The van der Waals surface area contributed by atoms with Crippen molar-refractivity contribution in [1.82, 2.24) is 9.21 Å². The molecule has 1 aromatic rings. The summed E-state index contributed by atoms with van der Waals surface area (Å²) < 4.78 is 27.2. The van der Waals surface area contributed by atoms with Gasteiger partial charge >= 0.3 is 5.97 Å². The molecule has 0 radical (unpaired) electrons. The molecule has 0 spiro atoms. The number of piperidine rings is 1. The second kappa shape index (κ2) is 6.29. The Hall–Kier alpha value is -1.15. The lowest BCUT2D eigenvalue weighted by molar-refractivity contribution is 0.0697. The lowest BCUT2D eigenvalue weighted by Crippen LogP contribution is -2.49. The fourth-order valence-electron chi connectivity index (χ4n) is 3.87. The van der Waals surface area contributed by atoms with Crippen LogP contribution in [0.1, 0.15) is 36.0 Å². The summed E-state index contributed by atoms with van der Waals surface area (Å²) in [6.07, 6.45) is 3.88. The number of hydrogen-bond donors (Lipinski definition) is 1. The van der Waals surface area contributed by atoms with E-state index in [4.69, 9.17) is 16.7 Å². The van der Waals surface area contributed by atoms with Gasteiger partial charge in [-0.3, -0.25) is 0 Å². The zero-order valence-corrected chi connectivity index (χ0v) is 15.2. The Morgan fingerprint density at radius 1 is 1.29 bits per heavy atom. The lowest BCUT2D eigenvalue weighted by Gasteiger charge is -2.39. The van der Waals surface area contributed by atoms with E-state index in [1.807, 2.05) is 0 Å². The number of fused-ring (bicyclic) bond motifs is 2. The lowest BCUT2D eigenvalue weighted by atomic mass is 9.98. The van der Waals surface area contributed by atoms with E-state index in [2.05, 4.69) is 11.9 Å². The predicted molar refractivity (Wildman–Crippen MR) is 91.0 cm³/mol. The van der Waals surface area contributed by atoms with Crippen molar-refractivity contribution in [2.75, 3.05) is 14.1 Å². The third kappa shape index (κ3) is 2.94. The Morgan fingerprint density at radius 3 is 2.38 bits per heavy atom. The molecule has 2 aliphatic rings. The van der Waals surface area contributed by atoms with Crippen LogP contribution in [-0.2, 0) is 10.0 Å². The first-order valence-electron chi connectivity index (χ1n) is 7.94. The predicted octanol–water partition coefficient (Wildman–Crippen LogP) is 2.28. The highest BCUT2D eigenvalue weighted by Crippen LogP contribution is 2.37. The molecule has 8 heteroatoms. The minimum absolute atomic E-state index is 0.0336. The zero-order valence-electron chi connectivity index (χ0n) is 13.6. The van der Waals surface area contributed by atoms with Gasteiger partial charge in [-0.05, 0) is 50.9 Å². The smallest absolute Gasteiger partial charge is 0.337 e. The van der Waals surface area contributed by atoms with Gasteiger partial charge < -0.3 is 10.0 Å². The molecule has 3 rings (SSSR count). The van der Waals surface area contributed by atoms with Crippen LogP contribution < -0.4 is 0 Å². The van der Waals surface area contributed by atoms with Gasteiger partial charge in [-0.15, -0.1) is 0 Å². The Bertz CT molecular complexity index is 753. The maximum Gasteiger partial charge on any atom is 0.337 e. The molecule has 2 heterocycles. The van der Waals surface area contributed by atoms with E-state index < -0.39 is 16.0 Å². The zero-order chi connectivity index (χ0) is 17.6. The number of carboxylic acid groups (broad SMARTS) is 1. The van der Waals surface area contributed by atoms with Gasteiger partial charge in [0.1, 0.15) is 0 Å². The van der Waals surface area contributed by atoms with Crippen LogP contribution in [0.5, 0.6) is 0 Å². The van der Waals surface area contributed by atoms with E-state index in [1.165, 1.54) is 22.5 Å². The summed E-state index contributed by atoms with van der Waals surface area (Å²) in [6.45, 7) is 0. The number of aromatic carboxylic acids is 1. The molecule has 0 aromatic heterocycles. The molecular weight excluding hydrogens is 352 g/mol. The second-order valence-electron chi connectivity index (χ2n) is 6.64. The van der Waals surface area contributed by atoms with Gasteiger partial charge in [0.25, 0.3) is 0 Å². The average Bonchev–Trinajstić information content (AvgIpc) is 2.75. The van der Waals surface area contributed by atoms with Crippen molar-refractivity contribution in [3.8, 4) is 0 Å². The van der Waals surface area contributed by atoms with Gasteiger partial charge in [0.2, 0.25) is 10.0 Å². The van der Waals surface area contributed by atoms with Crippen molar-refractivity contribution < 1.29 is 18.3 Å². The Balaban J connectivity index is 1.85. The Labute approximate surface area is 147 Å². The molecule has 24 heavy (non-hydrogen) atoms. The molecule has 132 valence electrons. The van der Waals surface area contributed by atoms with Crippen LogP contribution in [0.2, 0.25) is 5.02 Å². The summed E-state index contributed by atoms with van der Waals surface area (Å²) in [5, 5.41) is 8.94. The van der Waals surface area contributed by atoms with E-state index in [0.717, 1.165) is 25.7 Å². The minimum atomic E-state index is -3.70. The largest absolute Gasteiger partial charge is 0.478 e. The molecule has 0 saturated carbocycles. The van der Waals surface area contributed by atoms with E-state index in [0.29, 0.717) is 12.1 Å². The summed E-state index contributed by atoms with van der Waals surface area (Å²) in [6, 6.07) is 4.60. The van der Waals surface area contributed by atoms with Gasteiger partial charge in [-0.1, -0.05) is 11.6 Å². The Morgan fingerprint density at radius 2 is 1.88 bits per heavy atom. The monoisotopic (exact) mass is 372 g/mol. The summed E-state index contributed by atoms with van der Waals surface area (Å²) >= 11 is 5.93. The highest BCUT2D eigenvalue weighted by atomic mass is 35.5. The number of carbonyl (C=O) groups is 1. The van der Waals surface area contributed by atoms with Crippen LogP contribution in [0.25, 0.3) is 0 Å². The first-order chi connectivity index (χ1) is 11.2. The molecule has 2 fully saturated rings. The molecule has 2 unspecified atom stereocenters. The van der Waals surface area contributed by atoms with Crippen molar-refractivity contribution in [1.29, 1.82) is 0 Å². The van der Waals surface area contributed by atoms with Crippen molar-refractivity contribution in [2.45, 2.75) is 48.7 Å². The first-order valence-corrected chi connectivity index (χ1v) is 9.76. The number of hydrogen-bond acceptors (Lipinski definition) is 4. The molecule has 2 saturated heterocycles. The molecule has 6 nitrogen and oxygen atoms in total. The highest BCUT2D eigenvalue weighted by Gasteiger charge is 2.42. The van der Waals surface area contributed by atoms with Gasteiger partial charge in [-0.2, -0.15) is 4.31 Å². The summed E-state index contributed by atoms with van der Waals surface area (Å²) in [5.74, 6) is -1.18. The summed E-state index contributed by atoms with van der Waals surface area (Å²) in [5.41, 5.74) is -0.101. The van der Waals surface area contributed by atoms with Gasteiger partial charge in [0.05, 0.1) is 15.5 Å². The van der Waals surface area contributed by atoms with E-state index >= 15 is 0 Å². The quantitative estimate of drug-likeness (QED) is 0.877. The second-order valence-corrected chi connectivity index (χ2v) is 9.05. The number of nitrogens with zero attached hydrogens (tertiary/aromatic N) is 2. The standard InChI is InChI=1S/C16H21ClN2O4S/c1-18-10-3-4-11(18)8-12(7-10)19(2)24(22,23)13-5-6-14(16(20)21)15(17)9-13/h5-6,9-12H,3-4,7-8H2,1-2H3,(H,20,21). The summed E-state index contributed by atoms with van der Waals surface area (Å²) in [7, 11) is 0.00686. The maximum atomic E-state index is 12.9. The molecule has 2 bridgehead atoms. The number of sulfonamides is 1. The van der Waals surface area contributed by atoms with Crippen LogP contribution in [0, 0.1) is 0 Å². The number of halogens is 1. The fraction of sp³-hybridized carbons (Fsp3) is 0.562. The van der Waals surface area contributed by atoms with E-state index in [1.54, 1.807) is 7.05 Å². The third-order valence-electron chi connectivity index (χ3n) is 5.44. The van der Waals surface area contributed by atoms with Crippen LogP contribution in [0.4, 0.5) is 0 Å². The van der Waals surface area contributed by atoms with E-state index in [9.17, 15) is 13.2 Å². The summed E-state index contributed by atoms with van der Waals surface area (Å²) in [4.78, 5) is 13.4. The van der Waals surface area contributed by atoms with Crippen molar-refractivity contribution in [3.63, 3.8) is 0 Å². The average molecular weight is 373 g/mol. The SMILES string of the molecule is CN1C2CCC1CC(N(C)S(=O)(=O)c1ccc(C(=O)O)c(Cl)c1)C2. The topological polar surface area (TPSA) is 77.9 Å². The van der Waals surface area contributed by atoms with Crippen molar-refractivity contribution >= 4 is 27.6 Å². The molecule has 1 N–H and O–H groups in total. The number of carboxylic acids is 1. The van der Waals surface area contributed by atoms with Crippen LogP contribution in [0.3, 0.4) is 0 Å². The molecule has 2 aliphatic heterocycles. The van der Waals surface area contributed by atoms with E-state index in [-0.39, 0.29) is 21.5 Å². The third-order valence-corrected chi connectivity index (χ3v) is 7.65. The highest BCUT2D eigenvalue weighted by molar-refractivity contribution is 7.89.